The molecule has 1 rings (SSSR count). The Kier molecular flexibility index (Phi) is 2.47. The molecule has 0 amide bonds. The van der Waals surface area contributed by atoms with Crippen LogP contribution in [0.2, 0.25) is 0 Å². The number of allylic oxidation sites excluding steroid dienone is 2. The zero-order chi connectivity index (χ0) is 8.27. The van der Waals surface area contributed by atoms with E-state index in [1.165, 1.54) is 0 Å². The van der Waals surface area contributed by atoms with Gasteiger partial charge < -0.3 is 4.74 Å². The zero-order valence-electron chi connectivity index (χ0n) is 6.72. The summed E-state index contributed by atoms with van der Waals surface area (Å²) in [6, 6.07) is 0. The zero-order valence-corrected chi connectivity index (χ0v) is 6.72. The van der Waals surface area contributed by atoms with E-state index in [-0.39, 0.29) is 5.78 Å². The number of hydrogen-bond donors (Lipinski definition) is 0. The van der Waals surface area contributed by atoms with Crippen molar-refractivity contribution in [3.63, 3.8) is 0 Å². The van der Waals surface area contributed by atoms with Crippen molar-refractivity contribution >= 4 is 5.78 Å². The topological polar surface area (TPSA) is 26.3 Å². The fourth-order valence-corrected chi connectivity index (χ4v) is 1.12. The molecule has 1 aliphatic rings. The number of rotatable bonds is 3. The second kappa shape index (κ2) is 3.37. The minimum Gasteiger partial charge on any atom is -0.494 e. The summed E-state index contributed by atoms with van der Waals surface area (Å²) in [5.74, 6) is 0.679. The van der Waals surface area contributed by atoms with Gasteiger partial charge in [-0.3, -0.25) is 4.79 Å². The van der Waals surface area contributed by atoms with E-state index in [0.29, 0.717) is 24.4 Å². The van der Waals surface area contributed by atoms with Gasteiger partial charge in [-0.1, -0.05) is 12.7 Å². The van der Waals surface area contributed by atoms with Gasteiger partial charge in [0.05, 0.1) is 12.2 Å². The SMILES string of the molecule is C=C(OCC)C1=CCCC1=O. The minimum atomic E-state index is 0.156. The standard InChI is InChI=1S/C9H12O2/c1-3-11-7(2)8-5-4-6-9(8)10/h5H,2-4,6H2,1H3. The largest absolute Gasteiger partial charge is 0.494 e. The van der Waals surface area contributed by atoms with Gasteiger partial charge in [-0.15, -0.1) is 0 Å². The van der Waals surface area contributed by atoms with Gasteiger partial charge in [0.2, 0.25) is 0 Å². The van der Waals surface area contributed by atoms with E-state index in [0.717, 1.165) is 6.42 Å². The van der Waals surface area contributed by atoms with Gasteiger partial charge in [-0.05, 0) is 13.3 Å². The molecule has 2 nitrogen and oxygen atoms in total. The molecule has 60 valence electrons. The van der Waals surface area contributed by atoms with Crippen LogP contribution in [0.5, 0.6) is 0 Å². The molecular weight excluding hydrogens is 140 g/mol. The Balaban J connectivity index is 2.60. The van der Waals surface area contributed by atoms with Crippen LogP contribution in [0.25, 0.3) is 0 Å². The molecule has 0 saturated heterocycles. The smallest absolute Gasteiger partial charge is 0.166 e. The highest BCUT2D eigenvalue weighted by Crippen LogP contribution is 2.20. The summed E-state index contributed by atoms with van der Waals surface area (Å²) in [4.78, 5) is 11.1. The highest BCUT2D eigenvalue weighted by Gasteiger charge is 2.17. The fourth-order valence-electron chi connectivity index (χ4n) is 1.12. The maximum atomic E-state index is 11.1. The summed E-state index contributed by atoms with van der Waals surface area (Å²) in [6.45, 7) is 6.12. The molecule has 0 radical (unpaired) electrons. The van der Waals surface area contributed by atoms with Gasteiger partial charge >= 0.3 is 0 Å². The first kappa shape index (κ1) is 8.05. The van der Waals surface area contributed by atoms with E-state index in [2.05, 4.69) is 6.58 Å². The van der Waals surface area contributed by atoms with Gasteiger partial charge in [0.15, 0.2) is 5.78 Å². The number of ether oxygens (including phenoxy) is 1. The Hall–Kier alpha value is -1.05. The lowest BCUT2D eigenvalue weighted by atomic mass is 10.2. The summed E-state index contributed by atoms with van der Waals surface area (Å²) in [7, 11) is 0. The first-order valence-corrected chi connectivity index (χ1v) is 3.81. The number of carbonyl (C=O) groups excluding carboxylic acids is 1. The van der Waals surface area contributed by atoms with Gasteiger partial charge in [0, 0.05) is 6.42 Å². The molecule has 11 heavy (non-hydrogen) atoms. The Morgan fingerprint density at radius 2 is 2.55 bits per heavy atom. The van der Waals surface area contributed by atoms with Crippen molar-refractivity contribution in [2.45, 2.75) is 19.8 Å². The van der Waals surface area contributed by atoms with Gasteiger partial charge in [0.25, 0.3) is 0 Å². The van der Waals surface area contributed by atoms with E-state index in [1.54, 1.807) is 0 Å². The third kappa shape index (κ3) is 1.70. The third-order valence-corrected chi connectivity index (χ3v) is 1.64. The van der Waals surface area contributed by atoms with Crippen molar-refractivity contribution in [2.75, 3.05) is 6.61 Å². The Morgan fingerprint density at radius 3 is 3.00 bits per heavy atom. The number of Topliss-reactive ketones (excluding diaryl/α,β-unsaturated/α-hetero) is 1. The van der Waals surface area contributed by atoms with E-state index in [1.807, 2.05) is 13.0 Å². The van der Waals surface area contributed by atoms with Crippen LogP contribution in [0.3, 0.4) is 0 Å². The number of hydrogen-bond acceptors (Lipinski definition) is 2. The number of carbonyl (C=O) groups is 1. The molecule has 0 fully saturated rings. The Bertz CT molecular complexity index is 214. The molecular formula is C9H12O2. The average molecular weight is 152 g/mol. The fraction of sp³-hybridized carbons (Fsp3) is 0.444. The highest BCUT2D eigenvalue weighted by atomic mass is 16.5. The van der Waals surface area contributed by atoms with Crippen LogP contribution in [-0.2, 0) is 9.53 Å². The Morgan fingerprint density at radius 1 is 1.82 bits per heavy atom. The average Bonchev–Trinajstić information content (AvgIpc) is 2.36. The molecule has 0 aromatic carbocycles. The van der Waals surface area contributed by atoms with E-state index in [4.69, 9.17) is 4.74 Å². The highest BCUT2D eigenvalue weighted by molar-refractivity contribution is 6.00. The first-order chi connectivity index (χ1) is 5.25. The Labute approximate surface area is 66.5 Å². The maximum Gasteiger partial charge on any atom is 0.166 e. The van der Waals surface area contributed by atoms with Crippen molar-refractivity contribution < 1.29 is 9.53 Å². The van der Waals surface area contributed by atoms with Crippen molar-refractivity contribution in [1.82, 2.24) is 0 Å². The molecule has 0 aliphatic heterocycles. The van der Waals surface area contributed by atoms with E-state index >= 15 is 0 Å². The molecule has 0 saturated carbocycles. The van der Waals surface area contributed by atoms with Crippen molar-refractivity contribution in [3.05, 3.63) is 24.0 Å². The van der Waals surface area contributed by atoms with Crippen LogP contribution in [0.15, 0.2) is 24.0 Å². The van der Waals surface area contributed by atoms with Crippen LogP contribution >= 0.6 is 0 Å². The molecule has 0 aromatic rings. The molecule has 2 heteroatoms. The first-order valence-electron chi connectivity index (χ1n) is 3.81. The number of ketones is 1. The molecule has 0 unspecified atom stereocenters. The summed E-state index contributed by atoms with van der Waals surface area (Å²) in [5.41, 5.74) is 0.673. The lowest BCUT2D eigenvalue weighted by molar-refractivity contribution is -0.115. The molecule has 0 spiro atoms. The summed E-state index contributed by atoms with van der Waals surface area (Å²) in [5, 5.41) is 0. The van der Waals surface area contributed by atoms with Crippen molar-refractivity contribution in [2.24, 2.45) is 0 Å². The predicted molar refractivity (Wildman–Crippen MR) is 43.1 cm³/mol. The molecule has 0 atom stereocenters. The molecule has 0 bridgehead atoms. The quantitative estimate of drug-likeness (QED) is 0.576. The van der Waals surface area contributed by atoms with Crippen molar-refractivity contribution in [1.29, 1.82) is 0 Å². The van der Waals surface area contributed by atoms with Gasteiger partial charge in [0.1, 0.15) is 5.76 Å². The van der Waals surface area contributed by atoms with Crippen LogP contribution < -0.4 is 0 Å². The third-order valence-electron chi connectivity index (χ3n) is 1.64. The van der Waals surface area contributed by atoms with Gasteiger partial charge in [-0.2, -0.15) is 0 Å². The molecule has 0 aromatic heterocycles. The summed E-state index contributed by atoms with van der Waals surface area (Å²) >= 11 is 0. The summed E-state index contributed by atoms with van der Waals surface area (Å²) < 4.78 is 5.11. The van der Waals surface area contributed by atoms with E-state index < -0.39 is 0 Å². The summed E-state index contributed by atoms with van der Waals surface area (Å²) in [6.07, 6.45) is 3.34. The van der Waals surface area contributed by atoms with Crippen molar-refractivity contribution in [3.8, 4) is 0 Å². The second-order valence-electron chi connectivity index (χ2n) is 2.44. The maximum absolute atomic E-state index is 11.1. The lowest BCUT2D eigenvalue weighted by Gasteiger charge is -2.05. The van der Waals surface area contributed by atoms with E-state index in [9.17, 15) is 4.79 Å². The molecule has 0 heterocycles. The monoisotopic (exact) mass is 152 g/mol. The molecule has 0 N–H and O–H groups in total. The normalized spacial score (nSPS) is 16.5. The second-order valence-corrected chi connectivity index (χ2v) is 2.44. The van der Waals surface area contributed by atoms with Gasteiger partial charge in [-0.25, -0.2) is 0 Å². The molecule has 1 aliphatic carbocycles. The lowest BCUT2D eigenvalue weighted by Crippen LogP contribution is -2.01. The predicted octanol–water partition coefficient (Wildman–Crippen LogP) is 1.83. The van der Waals surface area contributed by atoms with Crippen LogP contribution in [0.4, 0.5) is 0 Å². The minimum absolute atomic E-state index is 0.156. The van der Waals surface area contributed by atoms with Crippen LogP contribution in [0, 0.1) is 0 Å². The van der Waals surface area contributed by atoms with Crippen LogP contribution in [-0.4, -0.2) is 12.4 Å². The van der Waals surface area contributed by atoms with Crippen LogP contribution in [0.1, 0.15) is 19.8 Å².